The lowest BCUT2D eigenvalue weighted by Gasteiger charge is -2.21. The van der Waals surface area contributed by atoms with Crippen molar-refractivity contribution in [3.8, 4) is 0 Å². The van der Waals surface area contributed by atoms with Crippen molar-refractivity contribution in [3.63, 3.8) is 0 Å². The van der Waals surface area contributed by atoms with Gasteiger partial charge in [0.1, 0.15) is 10.4 Å². The van der Waals surface area contributed by atoms with E-state index in [1.54, 1.807) is 25.2 Å². The number of nitrogens with zero attached hydrogens (tertiary/aromatic N) is 1. The fraction of sp³-hybridized carbons (Fsp3) is 0.357. The largest absolute Gasteiger partial charge is 0.464 e. The van der Waals surface area contributed by atoms with Gasteiger partial charge in [-0.15, -0.1) is 11.3 Å². The monoisotopic (exact) mass is 341 g/mol. The zero-order valence-corrected chi connectivity index (χ0v) is 14.4. The zero-order chi connectivity index (χ0) is 15.6. The summed E-state index contributed by atoms with van der Waals surface area (Å²) in [6.45, 7) is 5.63. The normalized spacial score (nSPS) is 18.4. The third-order valence-electron chi connectivity index (χ3n) is 3.00. The maximum absolute atomic E-state index is 12.4. The number of esters is 1. The van der Waals surface area contributed by atoms with Gasteiger partial charge in [-0.1, -0.05) is 24.0 Å². The molecule has 2 rings (SSSR count). The molecule has 1 aromatic rings. The number of hydrogen-bond donors (Lipinski definition) is 0. The summed E-state index contributed by atoms with van der Waals surface area (Å²) in [4.78, 5) is 27.1. The van der Waals surface area contributed by atoms with Gasteiger partial charge in [-0.2, -0.15) is 0 Å². The molecule has 1 aliphatic heterocycles. The lowest BCUT2D eigenvalue weighted by molar-refractivity contribution is -0.149. The second kappa shape index (κ2) is 6.72. The maximum Gasteiger partial charge on any atom is 0.329 e. The van der Waals surface area contributed by atoms with Gasteiger partial charge in [-0.25, -0.2) is 4.79 Å². The van der Waals surface area contributed by atoms with E-state index >= 15 is 0 Å². The first-order chi connectivity index (χ1) is 9.95. The van der Waals surface area contributed by atoms with Crippen LogP contribution in [0, 0.1) is 6.92 Å². The van der Waals surface area contributed by atoms with Crippen molar-refractivity contribution in [1.29, 1.82) is 0 Å². The van der Waals surface area contributed by atoms with Crippen molar-refractivity contribution < 1.29 is 14.3 Å². The standard InChI is InChI=1S/C14H15NO3S3/c1-4-18-13(17)9(3)15-12(16)11(21-14(15)19)7-10-8(2)5-6-20-10/h5-7,9H,4H2,1-3H3/b11-7-/t9-/m0/s1. The fourth-order valence-corrected chi connectivity index (χ4v) is 4.17. The number of rotatable bonds is 4. The molecule has 0 unspecified atom stereocenters. The minimum Gasteiger partial charge on any atom is -0.464 e. The van der Waals surface area contributed by atoms with Crippen LogP contribution in [-0.2, 0) is 14.3 Å². The van der Waals surface area contributed by atoms with Gasteiger partial charge >= 0.3 is 5.97 Å². The number of aryl methyl sites for hydroxylation is 1. The zero-order valence-electron chi connectivity index (χ0n) is 11.9. The van der Waals surface area contributed by atoms with Crippen LogP contribution in [0.2, 0.25) is 0 Å². The smallest absolute Gasteiger partial charge is 0.329 e. The molecule has 0 saturated carbocycles. The van der Waals surface area contributed by atoms with Crippen LogP contribution in [0.4, 0.5) is 0 Å². The molecule has 4 nitrogen and oxygen atoms in total. The van der Waals surface area contributed by atoms with Gasteiger partial charge < -0.3 is 4.74 Å². The van der Waals surface area contributed by atoms with Crippen LogP contribution < -0.4 is 0 Å². The number of carbonyl (C=O) groups excluding carboxylic acids is 2. The quantitative estimate of drug-likeness (QED) is 0.478. The van der Waals surface area contributed by atoms with Gasteiger partial charge in [-0.05, 0) is 43.9 Å². The third-order valence-corrected chi connectivity index (χ3v) is 5.30. The molecule has 1 aromatic heterocycles. The van der Waals surface area contributed by atoms with Crippen molar-refractivity contribution in [2.45, 2.75) is 26.8 Å². The minimum absolute atomic E-state index is 0.238. The van der Waals surface area contributed by atoms with Crippen LogP contribution in [0.5, 0.6) is 0 Å². The Kier molecular flexibility index (Phi) is 5.18. The Morgan fingerprint density at radius 2 is 2.29 bits per heavy atom. The van der Waals surface area contributed by atoms with Crippen LogP contribution in [0.15, 0.2) is 16.4 Å². The number of thioether (sulfide) groups is 1. The van der Waals surface area contributed by atoms with Crippen molar-refractivity contribution in [3.05, 3.63) is 26.8 Å². The van der Waals surface area contributed by atoms with Gasteiger partial charge in [0, 0.05) is 4.88 Å². The van der Waals surface area contributed by atoms with E-state index in [4.69, 9.17) is 17.0 Å². The Morgan fingerprint density at radius 3 is 2.86 bits per heavy atom. The van der Waals surface area contributed by atoms with E-state index < -0.39 is 12.0 Å². The van der Waals surface area contributed by atoms with Gasteiger partial charge in [0.15, 0.2) is 0 Å². The van der Waals surface area contributed by atoms with E-state index in [1.807, 2.05) is 24.4 Å². The highest BCUT2D eigenvalue weighted by atomic mass is 32.2. The Labute approximate surface area is 137 Å². The molecule has 0 aromatic carbocycles. The minimum atomic E-state index is -0.701. The summed E-state index contributed by atoms with van der Waals surface area (Å²) in [5.41, 5.74) is 1.11. The van der Waals surface area contributed by atoms with Crippen LogP contribution in [0.1, 0.15) is 24.3 Å². The van der Waals surface area contributed by atoms with E-state index in [-0.39, 0.29) is 12.5 Å². The molecule has 1 atom stereocenters. The first-order valence-corrected chi connectivity index (χ1v) is 8.54. The van der Waals surface area contributed by atoms with E-state index in [0.29, 0.717) is 9.23 Å². The molecular formula is C14H15NO3S3. The number of thiocarbonyl (C=S) groups is 1. The summed E-state index contributed by atoms with van der Waals surface area (Å²) >= 11 is 8.01. The average Bonchev–Trinajstić information content (AvgIpc) is 2.95. The second-order valence-electron chi connectivity index (χ2n) is 4.45. The second-order valence-corrected chi connectivity index (χ2v) is 7.07. The molecule has 0 N–H and O–H groups in total. The van der Waals surface area contributed by atoms with E-state index in [0.717, 1.165) is 10.4 Å². The average molecular weight is 341 g/mol. The molecule has 0 aliphatic carbocycles. The summed E-state index contributed by atoms with van der Waals surface area (Å²) in [6, 6.07) is 1.30. The van der Waals surface area contributed by atoms with E-state index in [9.17, 15) is 9.59 Å². The van der Waals surface area contributed by atoms with Gasteiger partial charge in [-0.3, -0.25) is 9.69 Å². The molecular weight excluding hydrogens is 326 g/mol. The van der Waals surface area contributed by atoms with E-state index in [1.165, 1.54) is 16.7 Å². The molecule has 1 amide bonds. The molecule has 2 heterocycles. The topological polar surface area (TPSA) is 46.6 Å². The van der Waals surface area contributed by atoms with Crippen molar-refractivity contribution in [2.75, 3.05) is 6.61 Å². The molecule has 0 radical (unpaired) electrons. The fourth-order valence-electron chi connectivity index (χ4n) is 1.83. The SMILES string of the molecule is CCOC(=O)[C@H](C)N1C(=O)/C(=C/c2sccc2C)SC1=S. The molecule has 1 aliphatic rings. The highest BCUT2D eigenvalue weighted by Gasteiger charge is 2.38. The molecule has 7 heteroatoms. The first kappa shape index (κ1) is 16.2. The Morgan fingerprint density at radius 1 is 1.57 bits per heavy atom. The summed E-state index contributed by atoms with van der Waals surface area (Å²) in [7, 11) is 0. The first-order valence-electron chi connectivity index (χ1n) is 6.43. The van der Waals surface area contributed by atoms with Crippen LogP contribution in [0.3, 0.4) is 0 Å². The Balaban J connectivity index is 2.23. The van der Waals surface area contributed by atoms with E-state index in [2.05, 4.69) is 0 Å². The number of carbonyl (C=O) groups is 2. The molecule has 21 heavy (non-hydrogen) atoms. The van der Waals surface area contributed by atoms with Crippen LogP contribution in [0.25, 0.3) is 6.08 Å². The lowest BCUT2D eigenvalue weighted by Crippen LogP contribution is -2.42. The Bertz CT molecular complexity index is 621. The van der Waals surface area contributed by atoms with Crippen molar-refractivity contribution >= 4 is 57.6 Å². The van der Waals surface area contributed by atoms with Crippen molar-refractivity contribution in [1.82, 2.24) is 4.90 Å². The van der Waals surface area contributed by atoms with Crippen LogP contribution >= 0.6 is 35.3 Å². The molecule has 1 saturated heterocycles. The highest BCUT2D eigenvalue weighted by Crippen LogP contribution is 2.35. The number of ether oxygens (including phenoxy) is 1. The third kappa shape index (κ3) is 3.36. The summed E-state index contributed by atoms with van der Waals surface area (Å²) in [5, 5.41) is 1.98. The molecule has 112 valence electrons. The number of amides is 1. The van der Waals surface area contributed by atoms with Crippen LogP contribution in [-0.4, -0.2) is 33.7 Å². The van der Waals surface area contributed by atoms with Gasteiger partial charge in [0.2, 0.25) is 0 Å². The van der Waals surface area contributed by atoms with Gasteiger partial charge in [0.05, 0.1) is 11.5 Å². The summed E-state index contributed by atoms with van der Waals surface area (Å²) in [6.07, 6.45) is 1.83. The summed E-state index contributed by atoms with van der Waals surface area (Å²) < 4.78 is 5.34. The Hall–Kier alpha value is -1.18. The molecule has 0 spiro atoms. The molecule has 1 fully saturated rings. The highest BCUT2D eigenvalue weighted by molar-refractivity contribution is 8.26. The van der Waals surface area contributed by atoms with Gasteiger partial charge in [0.25, 0.3) is 5.91 Å². The number of thiophene rings is 1. The van der Waals surface area contributed by atoms with Crippen molar-refractivity contribution in [2.24, 2.45) is 0 Å². The molecule has 0 bridgehead atoms. The predicted octanol–water partition coefficient (Wildman–Crippen LogP) is 3.21. The predicted molar refractivity (Wildman–Crippen MR) is 90.2 cm³/mol. The number of hydrogen-bond acceptors (Lipinski definition) is 6. The lowest BCUT2D eigenvalue weighted by atomic mass is 10.2. The maximum atomic E-state index is 12.4. The summed E-state index contributed by atoms with van der Waals surface area (Å²) in [5.74, 6) is -0.680.